The van der Waals surface area contributed by atoms with E-state index < -0.39 is 9.15 Å². The van der Waals surface area contributed by atoms with Crippen LogP contribution in [0.5, 0.6) is 5.75 Å². The van der Waals surface area contributed by atoms with Gasteiger partial charge in [0.15, 0.2) is 0 Å². The molecular weight excluding hydrogens is 371 g/mol. The van der Waals surface area contributed by atoms with Crippen LogP contribution in [0, 0.1) is 19.8 Å². The summed E-state index contributed by atoms with van der Waals surface area (Å²) in [7, 11) is -3.97. The van der Waals surface area contributed by atoms with Crippen LogP contribution >= 0.6 is 11.7 Å². The number of rotatable bonds is 4. The van der Waals surface area contributed by atoms with Crippen LogP contribution in [0.15, 0.2) is 12.1 Å². The van der Waals surface area contributed by atoms with Gasteiger partial charge in [-0.05, 0) is 67.4 Å². The number of hydrogen-bond acceptors (Lipinski definition) is 4. The van der Waals surface area contributed by atoms with Crippen LogP contribution in [0.1, 0.15) is 56.7 Å². The van der Waals surface area contributed by atoms with Crippen molar-refractivity contribution in [3.05, 3.63) is 28.8 Å². The Morgan fingerprint density at radius 3 is 2.20 bits per heavy atom. The molecule has 8 heteroatoms. The normalized spacial score (nSPS) is 14.0. The Labute approximate surface area is 177 Å². The zero-order valence-electron chi connectivity index (χ0n) is 14.8. The standard InChI is InChI=1S/C17H24O2.Na.H2O3S2.H/c1-6-17(4,5)15-12(3)9-11(2)10-14(15)19-16(18)13-7-8-13;;1-5(2,3)4;/h9-10,13H,6-8H2,1-5H3;;(H2,1,2,3,4);. The summed E-state index contributed by atoms with van der Waals surface area (Å²) < 4.78 is 31.1. The van der Waals surface area contributed by atoms with E-state index in [9.17, 15) is 4.79 Å². The summed E-state index contributed by atoms with van der Waals surface area (Å²) >= 11 is 2.65. The molecule has 0 bridgehead atoms. The van der Waals surface area contributed by atoms with Crippen molar-refractivity contribution in [1.82, 2.24) is 0 Å². The van der Waals surface area contributed by atoms with E-state index in [0.29, 0.717) is 0 Å². The average Bonchev–Trinajstić information content (AvgIpc) is 3.19. The van der Waals surface area contributed by atoms with Crippen molar-refractivity contribution in [3.8, 4) is 5.75 Å². The number of ether oxygens (including phenoxy) is 1. The van der Waals surface area contributed by atoms with E-state index in [-0.39, 0.29) is 46.9 Å². The zero-order valence-corrected chi connectivity index (χ0v) is 16.5. The fourth-order valence-corrected chi connectivity index (χ4v) is 2.56. The molecule has 138 valence electrons. The first-order valence-electron chi connectivity index (χ1n) is 7.88. The van der Waals surface area contributed by atoms with Gasteiger partial charge < -0.3 is 4.74 Å². The molecule has 1 aromatic rings. The quantitative estimate of drug-likeness (QED) is 0.203. The third-order valence-electron chi connectivity index (χ3n) is 4.13. The molecular formula is C17H27NaO5S2. The molecule has 0 aromatic heterocycles. The predicted molar refractivity (Wildman–Crippen MR) is 105 cm³/mol. The van der Waals surface area contributed by atoms with Crippen molar-refractivity contribution >= 4 is 56.3 Å². The summed E-state index contributed by atoms with van der Waals surface area (Å²) in [6.07, 6.45) is 2.98. The first kappa shape index (κ1) is 24.9. The van der Waals surface area contributed by atoms with Gasteiger partial charge in [0, 0.05) is 5.56 Å². The molecule has 1 aromatic carbocycles. The van der Waals surface area contributed by atoms with Crippen molar-refractivity contribution in [2.45, 2.75) is 59.3 Å². The Hall–Kier alpha value is -0.0500. The van der Waals surface area contributed by atoms with E-state index in [0.717, 1.165) is 30.6 Å². The molecule has 1 saturated carbocycles. The van der Waals surface area contributed by atoms with Gasteiger partial charge in [-0.1, -0.05) is 26.8 Å². The molecule has 0 aliphatic heterocycles. The van der Waals surface area contributed by atoms with E-state index in [1.54, 1.807) is 0 Å². The SMILES string of the molecule is CCC(C)(C)c1c(C)cc(C)cc1OC(=O)C1CC1.O=S(=O)(O)S.[NaH]. The first-order chi connectivity index (χ1) is 10.8. The Balaban J connectivity index is 0.000000848. The monoisotopic (exact) mass is 398 g/mol. The van der Waals surface area contributed by atoms with Crippen LogP contribution in [-0.4, -0.2) is 48.5 Å². The van der Waals surface area contributed by atoms with Gasteiger partial charge in [-0.15, -0.1) is 0 Å². The van der Waals surface area contributed by atoms with Gasteiger partial charge in [-0.3, -0.25) is 9.35 Å². The predicted octanol–water partition coefficient (Wildman–Crippen LogP) is 3.38. The minimum atomic E-state index is -3.97. The van der Waals surface area contributed by atoms with E-state index >= 15 is 0 Å². The molecule has 1 fully saturated rings. The van der Waals surface area contributed by atoms with Crippen molar-refractivity contribution in [2.24, 2.45) is 5.92 Å². The van der Waals surface area contributed by atoms with Crippen molar-refractivity contribution in [2.75, 3.05) is 0 Å². The third kappa shape index (κ3) is 8.93. The fraction of sp³-hybridized carbons (Fsp3) is 0.588. The molecule has 0 saturated heterocycles. The molecule has 25 heavy (non-hydrogen) atoms. The molecule has 1 aliphatic carbocycles. The summed E-state index contributed by atoms with van der Waals surface area (Å²) in [5.74, 6) is 0.845. The van der Waals surface area contributed by atoms with Crippen molar-refractivity contribution < 1.29 is 22.5 Å². The zero-order chi connectivity index (χ0) is 18.7. The van der Waals surface area contributed by atoms with Gasteiger partial charge in [0.25, 0.3) is 0 Å². The molecule has 0 radical (unpaired) electrons. The number of carbonyl (C=O) groups excluding carboxylic acids is 1. The van der Waals surface area contributed by atoms with Crippen LogP contribution in [0.4, 0.5) is 0 Å². The second kappa shape index (κ2) is 9.76. The number of thiol groups is 1. The van der Waals surface area contributed by atoms with Crippen LogP contribution in [-0.2, 0) is 19.4 Å². The first-order valence-corrected chi connectivity index (χ1v) is 10.4. The van der Waals surface area contributed by atoms with E-state index in [4.69, 9.17) is 17.7 Å². The van der Waals surface area contributed by atoms with Crippen LogP contribution in [0.2, 0.25) is 0 Å². The van der Waals surface area contributed by atoms with Crippen LogP contribution in [0.3, 0.4) is 0 Å². The molecule has 5 nitrogen and oxygen atoms in total. The molecule has 0 unspecified atom stereocenters. The Morgan fingerprint density at radius 2 is 1.80 bits per heavy atom. The molecule has 0 spiro atoms. The van der Waals surface area contributed by atoms with E-state index in [2.05, 4.69) is 45.4 Å². The summed E-state index contributed by atoms with van der Waals surface area (Å²) in [6.45, 7) is 10.7. The van der Waals surface area contributed by atoms with Crippen LogP contribution < -0.4 is 4.74 Å². The maximum atomic E-state index is 11.9. The molecule has 0 heterocycles. The number of hydrogen-bond donors (Lipinski definition) is 2. The number of benzene rings is 1. The molecule has 0 atom stereocenters. The maximum absolute atomic E-state index is 11.9. The van der Waals surface area contributed by atoms with Gasteiger partial charge in [0.1, 0.15) is 5.75 Å². The topological polar surface area (TPSA) is 80.7 Å². The van der Waals surface area contributed by atoms with Gasteiger partial charge in [-0.2, -0.15) is 8.42 Å². The van der Waals surface area contributed by atoms with E-state index in [1.807, 2.05) is 13.0 Å². The van der Waals surface area contributed by atoms with Crippen molar-refractivity contribution in [3.63, 3.8) is 0 Å². The average molecular weight is 399 g/mol. The Kier molecular flexibility index (Phi) is 9.74. The molecule has 1 aliphatic rings. The second-order valence-corrected chi connectivity index (χ2v) is 9.12. The second-order valence-electron chi connectivity index (χ2n) is 6.84. The Morgan fingerprint density at radius 1 is 1.32 bits per heavy atom. The molecule has 1 N–H and O–H groups in total. The fourth-order valence-electron chi connectivity index (χ4n) is 2.56. The Bertz CT molecular complexity index is 702. The summed E-state index contributed by atoms with van der Waals surface area (Å²) in [5, 5.41) is 0. The van der Waals surface area contributed by atoms with Crippen LogP contribution in [0.25, 0.3) is 0 Å². The van der Waals surface area contributed by atoms with E-state index in [1.165, 1.54) is 11.1 Å². The van der Waals surface area contributed by atoms with Gasteiger partial charge in [0.2, 0.25) is 0 Å². The number of carbonyl (C=O) groups is 1. The summed E-state index contributed by atoms with van der Waals surface area (Å²) in [4.78, 5) is 11.9. The molecule has 0 amide bonds. The third-order valence-corrected chi connectivity index (χ3v) is 4.13. The van der Waals surface area contributed by atoms with Gasteiger partial charge in [0.05, 0.1) is 5.92 Å². The van der Waals surface area contributed by atoms with Gasteiger partial charge in [-0.25, -0.2) is 0 Å². The summed E-state index contributed by atoms with van der Waals surface area (Å²) in [6, 6.07) is 4.17. The van der Waals surface area contributed by atoms with Gasteiger partial charge >= 0.3 is 44.7 Å². The van der Waals surface area contributed by atoms with Crippen molar-refractivity contribution in [1.29, 1.82) is 0 Å². The number of aryl methyl sites for hydroxylation is 2. The number of esters is 1. The summed E-state index contributed by atoms with van der Waals surface area (Å²) in [5.41, 5.74) is 3.56. The minimum absolute atomic E-state index is 0. The molecule has 2 rings (SSSR count).